The number of hydrogen-bond acceptors (Lipinski definition) is 5. The third kappa shape index (κ3) is 2.68. The van der Waals surface area contributed by atoms with Crippen LogP contribution in [-0.2, 0) is 24.9 Å². The topological polar surface area (TPSA) is 108 Å². The summed E-state index contributed by atoms with van der Waals surface area (Å²) in [7, 11) is 1.49. The van der Waals surface area contributed by atoms with E-state index in [-0.39, 0.29) is 22.9 Å². The van der Waals surface area contributed by atoms with Gasteiger partial charge in [0, 0.05) is 25.8 Å². The van der Waals surface area contributed by atoms with Crippen molar-refractivity contribution < 1.29 is 9.18 Å². The van der Waals surface area contributed by atoms with Gasteiger partial charge in [-0.1, -0.05) is 6.92 Å². The van der Waals surface area contributed by atoms with Crippen molar-refractivity contribution in [1.82, 2.24) is 18.7 Å². The molecule has 0 fully saturated rings. The van der Waals surface area contributed by atoms with Crippen molar-refractivity contribution in [2.75, 3.05) is 11.4 Å². The maximum Gasteiger partial charge on any atom is 0.332 e. The fraction of sp³-hybridized carbons (Fsp3) is 0.333. The molecular formula is C18H19FN6O3. The minimum absolute atomic E-state index is 0.163. The van der Waals surface area contributed by atoms with Crippen molar-refractivity contribution in [2.24, 2.45) is 18.7 Å². The lowest BCUT2D eigenvalue weighted by Crippen LogP contribution is -2.43. The van der Waals surface area contributed by atoms with Gasteiger partial charge in [0.05, 0.1) is 0 Å². The van der Waals surface area contributed by atoms with Gasteiger partial charge < -0.3 is 15.2 Å². The number of hydrogen-bond donors (Lipinski definition) is 1. The predicted molar refractivity (Wildman–Crippen MR) is 101 cm³/mol. The van der Waals surface area contributed by atoms with Crippen molar-refractivity contribution in [3.05, 3.63) is 50.9 Å². The Kier molecular flexibility index (Phi) is 4.06. The number of fused-ring (bicyclic) bond motifs is 3. The molecule has 0 bridgehead atoms. The van der Waals surface area contributed by atoms with E-state index >= 15 is 0 Å². The molecule has 0 saturated heterocycles. The molecule has 2 aromatic heterocycles. The van der Waals surface area contributed by atoms with E-state index in [0.29, 0.717) is 19.0 Å². The lowest BCUT2D eigenvalue weighted by Gasteiger charge is -2.32. The second kappa shape index (κ2) is 6.32. The number of amides is 1. The highest BCUT2D eigenvalue weighted by Gasteiger charge is 2.30. The summed E-state index contributed by atoms with van der Waals surface area (Å²) >= 11 is 0. The number of primary amides is 1. The van der Waals surface area contributed by atoms with Crippen LogP contribution in [0.25, 0.3) is 11.2 Å². The average Bonchev–Trinajstić information content (AvgIpc) is 3.03. The predicted octanol–water partition coefficient (Wildman–Crippen LogP) is 0.309. The van der Waals surface area contributed by atoms with Crippen LogP contribution < -0.4 is 21.9 Å². The summed E-state index contributed by atoms with van der Waals surface area (Å²) in [4.78, 5) is 43.2. The van der Waals surface area contributed by atoms with Crippen LogP contribution in [0.5, 0.6) is 0 Å². The van der Waals surface area contributed by atoms with Crippen LogP contribution in [0.4, 0.5) is 16.0 Å². The van der Waals surface area contributed by atoms with Crippen LogP contribution in [0.15, 0.2) is 33.9 Å². The van der Waals surface area contributed by atoms with Gasteiger partial charge in [0.1, 0.15) is 12.4 Å². The summed E-state index contributed by atoms with van der Waals surface area (Å²) < 4.78 is 17.1. The first-order chi connectivity index (χ1) is 13.3. The molecule has 146 valence electrons. The zero-order chi connectivity index (χ0) is 20.2. The van der Waals surface area contributed by atoms with E-state index in [1.54, 1.807) is 16.7 Å². The molecule has 1 aliphatic rings. The molecule has 3 aromatic rings. The first-order valence-corrected chi connectivity index (χ1v) is 8.79. The molecule has 4 rings (SSSR count). The van der Waals surface area contributed by atoms with E-state index in [4.69, 9.17) is 5.73 Å². The molecule has 0 saturated carbocycles. The Morgan fingerprint density at radius 2 is 1.93 bits per heavy atom. The minimum Gasteiger partial charge on any atom is -0.368 e. The van der Waals surface area contributed by atoms with Crippen molar-refractivity contribution >= 4 is 28.7 Å². The molecule has 28 heavy (non-hydrogen) atoms. The van der Waals surface area contributed by atoms with Crippen LogP contribution in [0.2, 0.25) is 0 Å². The molecule has 0 unspecified atom stereocenters. The number of nitrogens with zero attached hydrogens (tertiary/aromatic N) is 5. The van der Waals surface area contributed by atoms with Gasteiger partial charge in [-0.15, -0.1) is 0 Å². The van der Waals surface area contributed by atoms with E-state index in [0.717, 1.165) is 10.3 Å². The van der Waals surface area contributed by atoms with Gasteiger partial charge in [-0.3, -0.25) is 14.2 Å². The molecule has 10 heteroatoms. The Labute approximate surface area is 158 Å². The number of rotatable bonds is 3. The Bertz CT molecular complexity index is 1210. The van der Waals surface area contributed by atoms with Crippen molar-refractivity contribution in [2.45, 2.75) is 20.0 Å². The molecule has 1 aromatic carbocycles. The summed E-state index contributed by atoms with van der Waals surface area (Å²) in [5.41, 5.74) is 5.12. The summed E-state index contributed by atoms with van der Waals surface area (Å²) in [6, 6.07) is 6.00. The number of aromatic nitrogens is 4. The third-order valence-electron chi connectivity index (χ3n) is 4.89. The zero-order valence-corrected chi connectivity index (χ0v) is 15.4. The van der Waals surface area contributed by atoms with Gasteiger partial charge in [-0.2, -0.15) is 4.98 Å². The molecule has 1 atom stereocenters. The number of carbonyl (C=O) groups excluding carboxylic acids is 1. The first kappa shape index (κ1) is 18.0. The lowest BCUT2D eigenvalue weighted by molar-refractivity contribution is -0.118. The number of halogens is 1. The average molecular weight is 386 g/mol. The molecule has 1 amide bonds. The molecule has 1 aliphatic heterocycles. The highest BCUT2D eigenvalue weighted by atomic mass is 19.1. The largest absolute Gasteiger partial charge is 0.368 e. The number of carbonyl (C=O) groups is 1. The van der Waals surface area contributed by atoms with Gasteiger partial charge in [0.2, 0.25) is 11.9 Å². The van der Waals surface area contributed by atoms with Crippen LogP contribution in [0, 0.1) is 11.7 Å². The quantitative estimate of drug-likeness (QED) is 0.697. The number of benzene rings is 1. The molecule has 9 nitrogen and oxygen atoms in total. The number of anilines is 2. The SMILES string of the molecule is C[C@@H]1CN(c2ccc(F)cc2)c2nc3c(c(=O)n(CC(N)=O)c(=O)n3C)n2C1. The van der Waals surface area contributed by atoms with Crippen molar-refractivity contribution in [1.29, 1.82) is 0 Å². The van der Waals surface area contributed by atoms with Crippen molar-refractivity contribution in [3.8, 4) is 0 Å². The summed E-state index contributed by atoms with van der Waals surface area (Å²) in [6.45, 7) is 2.67. The van der Waals surface area contributed by atoms with E-state index in [9.17, 15) is 18.8 Å². The molecule has 0 radical (unpaired) electrons. The standard InChI is InChI=1S/C18H19FN6O3/c1-10-7-23(12-5-3-11(19)4-6-12)17-21-15-14(24(17)8-10)16(27)25(9-13(20)26)18(28)22(15)2/h3-6,10H,7-9H2,1-2H3,(H2,20,26)/t10-/m1/s1. The Morgan fingerprint density at radius 1 is 1.25 bits per heavy atom. The maximum absolute atomic E-state index is 13.3. The highest BCUT2D eigenvalue weighted by Crippen LogP contribution is 2.32. The third-order valence-corrected chi connectivity index (χ3v) is 4.89. The van der Waals surface area contributed by atoms with Gasteiger partial charge in [0.15, 0.2) is 11.2 Å². The van der Waals surface area contributed by atoms with E-state index in [1.165, 1.54) is 23.7 Å². The molecular weight excluding hydrogens is 367 g/mol. The van der Waals surface area contributed by atoms with Crippen LogP contribution >= 0.6 is 0 Å². The van der Waals surface area contributed by atoms with Gasteiger partial charge in [-0.25, -0.2) is 13.8 Å². The molecule has 0 aliphatic carbocycles. The highest BCUT2D eigenvalue weighted by molar-refractivity contribution is 5.78. The van der Waals surface area contributed by atoms with Gasteiger partial charge >= 0.3 is 5.69 Å². The zero-order valence-electron chi connectivity index (χ0n) is 15.4. The van der Waals surface area contributed by atoms with Crippen LogP contribution in [-0.4, -0.2) is 31.1 Å². The normalized spacial score (nSPS) is 16.4. The lowest BCUT2D eigenvalue weighted by atomic mass is 10.1. The Hall–Kier alpha value is -3.43. The Balaban J connectivity index is 2.00. The fourth-order valence-electron chi connectivity index (χ4n) is 3.64. The second-order valence-corrected chi connectivity index (χ2v) is 7.09. The van der Waals surface area contributed by atoms with Gasteiger partial charge in [-0.05, 0) is 30.2 Å². The number of aryl methyl sites for hydroxylation is 1. The van der Waals surface area contributed by atoms with E-state index < -0.39 is 23.7 Å². The Morgan fingerprint density at radius 3 is 2.57 bits per heavy atom. The summed E-state index contributed by atoms with van der Waals surface area (Å²) in [5.74, 6) is -0.475. The second-order valence-electron chi connectivity index (χ2n) is 7.09. The maximum atomic E-state index is 13.3. The monoisotopic (exact) mass is 386 g/mol. The van der Waals surface area contributed by atoms with Gasteiger partial charge in [0.25, 0.3) is 5.56 Å². The van der Waals surface area contributed by atoms with Crippen LogP contribution in [0.1, 0.15) is 6.92 Å². The van der Waals surface area contributed by atoms with Crippen LogP contribution in [0.3, 0.4) is 0 Å². The number of imidazole rings is 1. The minimum atomic E-state index is -0.779. The van der Waals surface area contributed by atoms with E-state index in [1.807, 2.05) is 11.8 Å². The molecule has 2 N–H and O–H groups in total. The fourth-order valence-corrected chi connectivity index (χ4v) is 3.64. The first-order valence-electron chi connectivity index (χ1n) is 8.79. The smallest absolute Gasteiger partial charge is 0.332 e. The van der Waals surface area contributed by atoms with E-state index in [2.05, 4.69) is 4.98 Å². The molecule has 0 spiro atoms. The summed E-state index contributed by atoms with van der Waals surface area (Å²) in [6.07, 6.45) is 0. The van der Waals surface area contributed by atoms with Crippen molar-refractivity contribution in [3.63, 3.8) is 0 Å². The number of nitrogens with two attached hydrogens (primary N) is 1. The molecule has 3 heterocycles. The summed E-state index contributed by atoms with van der Waals surface area (Å²) in [5, 5.41) is 0.